The molecule has 4 aromatic carbocycles. The van der Waals surface area contributed by atoms with Gasteiger partial charge >= 0.3 is 0 Å². The van der Waals surface area contributed by atoms with Gasteiger partial charge in [-0.2, -0.15) is 0 Å². The molecule has 8 rings (SSSR count). The molecule has 4 aliphatic rings. The number of ketones is 2. The van der Waals surface area contributed by atoms with Crippen LogP contribution in [0.15, 0.2) is 96.1 Å². The third-order valence-electron chi connectivity index (χ3n) is 6.93. The van der Waals surface area contributed by atoms with Gasteiger partial charge in [0.1, 0.15) is 0 Å². The smallest absolute Gasteiger partial charge is 0.183 e. The highest BCUT2D eigenvalue weighted by atomic mass is 16.1. The largest absolute Gasteiger partial charge is 0.290 e. The van der Waals surface area contributed by atoms with E-state index in [9.17, 15) is 9.59 Å². The normalized spacial score (nSPS) is 21.2. The third-order valence-corrected chi connectivity index (χ3v) is 6.93. The first-order valence-corrected chi connectivity index (χ1v) is 10.3. The van der Waals surface area contributed by atoms with E-state index in [-0.39, 0.29) is 23.4 Å². The summed E-state index contributed by atoms with van der Waals surface area (Å²) in [4.78, 5) is 26.0. The number of benzene rings is 4. The highest BCUT2D eigenvalue weighted by Gasteiger charge is 2.47. The lowest BCUT2D eigenvalue weighted by atomic mass is 9.58. The first kappa shape index (κ1) is 16.1. The summed E-state index contributed by atoms with van der Waals surface area (Å²) in [6, 6.07) is 25.5. The Morgan fingerprint density at radius 1 is 0.467 bits per heavy atom. The van der Waals surface area contributed by atoms with Crippen LogP contribution in [0.4, 0.5) is 0 Å². The van der Waals surface area contributed by atoms with Gasteiger partial charge in [-0.05, 0) is 80.2 Å². The van der Waals surface area contributed by atoms with Crippen molar-refractivity contribution in [3.8, 4) is 0 Å². The zero-order valence-electron chi connectivity index (χ0n) is 16.1. The molecule has 2 bridgehead atoms. The van der Waals surface area contributed by atoms with Crippen molar-refractivity contribution in [2.45, 2.75) is 11.8 Å². The van der Waals surface area contributed by atoms with Gasteiger partial charge in [-0.15, -0.1) is 0 Å². The standard InChI is InChI=1S/C28H16O2/c29-23-9-10-24(30)28-26-20-12-16-6-2-1-5-15(16)11-19(20)25(27(23)28)21-13-17-7-3-4-8-18(17)14-22(21)26/h1-14,25-26H. The molecule has 2 heteroatoms. The number of rotatable bonds is 0. The van der Waals surface area contributed by atoms with E-state index in [2.05, 4.69) is 48.5 Å². The van der Waals surface area contributed by atoms with Crippen LogP contribution in [0.1, 0.15) is 34.1 Å². The van der Waals surface area contributed by atoms with Crippen molar-refractivity contribution >= 4 is 33.1 Å². The van der Waals surface area contributed by atoms with Crippen LogP contribution in [0.25, 0.3) is 21.5 Å². The molecule has 0 unspecified atom stereocenters. The minimum Gasteiger partial charge on any atom is -0.290 e. The second-order valence-corrected chi connectivity index (χ2v) is 8.41. The maximum atomic E-state index is 13.0. The fourth-order valence-electron chi connectivity index (χ4n) is 5.70. The molecule has 0 N–H and O–H groups in total. The summed E-state index contributed by atoms with van der Waals surface area (Å²) in [5.74, 6) is -0.439. The molecule has 0 radical (unpaired) electrons. The Morgan fingerprint density at radius 3 is 1.07 bits per heavy atom. The summed E-state index contributed by atoms with van der Waals surface area (Å²) in [7, 11) is 0. The number of allylic oxidation sites excluding steroid dienone is 4. The molecule has 0 atom stereocenters. The van der Waals surface area contributed by atoms with Crippen molar-refractivity contribution in [1.82, 2.24) is 0 Å². The Balaban J connectivity index is 1.63. The van der Waals surface area contributed by atoms with Crippen LogP contribution < -0.4 is 0 Å². The van der Waals surface area contributed by atoms with Gasteiger partial charge in [-0.25, -0.2) is 0 Å². The van der Waals surface area contributed by atoms with Crippen LogP contribution in [0.2, 0.25) is 0 Å². The summed E-state index contributed by atoms with van der Waals surface area (Å²) in [5.41, 5.74) is 6.01. The highest BCUT2D eigenvalue weighted by Crippen LogP contribution is 2.57. The van der Waals surface area contributed by atoms with E-state index in [1.165, 1.54) is 33.7 Å². The first-order valence-electron chi connectivity index (χ1n) is 10.3. The van der Waals surface area contributed by atoms with Crippen molar-refractivity contribution in [2.24, 2.45) is 0 Å². The van der Waals surface area contributed by atoms with Gasteiger partial charge in [0.05, 0.1) is 0 Å². The summed E-state index contributed by atoms with van der Waals surface area (Å²) >= 11 is 0. The Morgan fingerprint density at radius 2 is 0.767 bits per heavy atom. The molecule has 0 heterocycles. The van der Waals surface area contributed by atoms with E-state index in [0.717, 1.165) is 22.3 Å². The van der Waals surface area contributed by atoms with Crippen molar-refractivity contribution in [2.75, 3.05) is 0 Å². The quantitative estimate of drug-likeness (QED) is 0.371. The maximum Gasteiger partial charge on any atom is 0.183 e. The van der Waals surface area contributed by atoms with Gasteiger partial charge in [0.25, 0.3) is 0 Å². The summed E-state index contributed by atoms with van der Waals surface area (Å²) in [5, 5.41) is 4.66. The molecule has 2 nitrogen and oxygen atoms in total. The average Bonchev–Trinajstić information content (AvgIpc) is 2.78. The van der Waals surface area contributed by atoms with E-state index >= 15 is 0 Å². The van der Waals surface area contributed by atoms with E-state index in [4.69, 9.17) is 0 Å². The second-order valence-electron chi connectivity index (χ2n) is 8.41. The molecule has 0 aliphatic heterocycles. The molecule has 140 valence electrons. The summed E-state index contributed by atoms with van der Waals surface area (Å²) in [6.45, 7) is 0. The lowest BCUT2D eigenvalue weighted by Crippen LogP contribution is -2.35. The number of hydrogen-bond acceptors (Lipinski definition) is 2. The first-order chi connectivity index (χ1) is 14.7. The minimum atomic E-state index is -0.189. The van der Waals surface area contributed by atoms with Crippen LogP contribution in [0, 0.1) is 0 Å². The molecule has 0 fully saturated rings. The van der Waals surface area contributed by atoms with E-state index in [1.807, 2.05) is 24.3 Å². The number of carbonyl (C=O) groups is 2. The molecule has 4 aliphatic carbocycles. The molecule has 0 amide bonds. The van der Waals surface area contributed by atoms with Crippen LogP contribution in [0.5, 0.6) is 0 Å². The lowest BCUT2D eigenvalue weighted by molar-refractivity contribution is -0.115. The fourth-order valence-corrected chi connectivity index (χ4v) is 5.70. The zero-order valence-corrected chi connectivity index (χ0v) is 16.1. The average molecular weight is 384 g/mol. The van der Waals surface area contributed by atoms with E-state index in [1.54, 1.807) is 0 Å². The third kappa shape index (κ3) is 1.89. The number of hydrogen-bond donors (Lipinski definition) is 0. The fraction of sp³-hybridized carbons (Fsp3) is 0.0714. The van der Waals surface area contributed by atoms with Gasteiger partial charge < -0.3 is 0 Å². The SMILES string of the molecule is O=C1C=CC(=O)C2=C1C1c3cc4ccccc4cc3C2c2cc3ccccc3cc21. The van der Waals surface area contributed by atoms with Crippen molar-refractivity contribution in [3.63, 3.8) is 0 Å². The highest BCUT2D eigenvalue weighted by molar-refractivity contribution is 6.23. The molecular formula is C28H16O2. The molecule has 0 spiro atoms. The summed E-state index contributed by atoms with van der Waals surface area (Å²) in [6.07, 6.45) is 2.90. The summed E-state index contributed by atoms with van der Waals surface area (Å²) < 4.78 is 0. The van der Waals surface area contributed by atoms with Gasteiger partial charge in [-0.1, -0.05) is 48.5 Å². The van der Waals surface area contributed by atoms with Crippen molar-refractivity contribution < 1.29 is 9.59 Å². The molecule has 0 saturated heterocycles. The predicted octanol–water partition coefficient (Wildman–Crippen LogP) is 5.59. The second kappa shape index (κ2) is 5.43. The Bertz CT molecular complexity index is 1330. The number of carbonyl (C=O) groups excluding carboxylic acids is 2. The minimum absolute atomic E-state index is 0.0304. The zero-order chi connectivity index (χ0) is 20.0. The molecule has 0 aromatic heterocycles. The Labute approximate surface area is 173 Å². The predicted molar refractivity (Wildman–Crippen MR) is 118 cm³/mol. The van der Waals surface area contributed by atoms with Gasteiger partial charge in [0.2, 0.25) is 0 Å². The molecule has 0 saturated carbocycles. The van der Waals surface area contributed by atoms with Crippen LogP contribution >= 0.6 is 0 Å². The van der Waals surface area contributed by atoms with Crippen LogP contribution in [0.3, 0.4) is 0 Å². The van der Waals surface area contributed by atoms with Gasteiger partial charge in [0.15, 0.2) is 11.6 Å². The van der Waals surface area contributed by atoms with Crippen LogP contribution in [-0.4, -0.2) is 11.6 Å². The number of fused-ring (bicyclic) bond motifs is 2. The van der Waals surface area contributed by atoms with Gasteiger partial charge in [-0.3, -0.25) is 9.59 Å². The molecular weight excluding hydrogens is 368 g/mol. The van der Waals surface area contributed by atoms with Crippen molar-refractivity contribution in [1.29, 1.82) is 0 Å². The van der Waals surface area contributed by atoms with Gasteiger partial charge in [0, 0.05) is 23.0 Å². The monoisotopic (exact) mass is 384 g/mol. The Kier molecular flexibility index (Phi) is 2.91. The van der Waals surface area contributed by atoms with Crippen molar-refractivity contribution in [3.05, 3.63) is 118 Å². The Hall–Kier alpha value is -3.78. The topological polar surface area (TPSA) is 34.1 Å². The maximum absolute atomic E-state index is 13.0. The molecule has 4 aromatic rings. The molecule has 30 heavy (non-hydrogen) atoms. The van der Waals surface area contributed by atoms with E-state index < -0.39 is 0 Å². The van der Waals surface area contributed by atoms with E-state index in [0.29, 0.717) is 11.1 Å². The van der Waals surface area contributed by atoms with Crippen LogP contribution in [-0.2, 0) is 9.59 Å². The lowest BCUT2D eigenvalue weighted by Gasteiger charge is -2.43.